The maximum Gasteiger partial charge on any atom is 0.472 e. The van der Waals surface area contributed by atoms with Gasteiger partial charge in [0, 0.05) is 19.3 Å². The summed E-state index contributed by atoms with van der Waals surface area (Å²) in [6.45, 7) is 3.47. The summed E-state index contributed by atoms with van der Waals surface area (Å²) in [6.07, 6.45) is 16.8. The summed E-state index contributed by atoms with van der Waals surface area (Å²) < 4.78 is 65.1. The molecule has 0 bridgehead atoms. The molecule has 3 rings (SSSR count). The molecule has 0 aromatic carbocycles. The summed E-state index contributed by atoms with van der Waals surface area (Å²) in [5, 5.41) is 110. The average molecular weight is 1460 g/mol. The molecule has 18 atom stereocenters. The van der Waals surface area contributed by atoms with Crippen LogP contribution in [0.1, 0.15) is 316 Å². The zero-order valence-electron chi connectivity index (χ0n) is 61.5. The summed E-state index contributed by atoms with van der Waals surface area (Å²) in [6, 6.07) is 0. The summed E-state index contributed by atoms with van der Waals surface area (Å²) in [5.74, 6) is -1.98. The molecular weight excluding hydrogens is 1320 g/mol. The molecule has 24 nitrogen and oxygen atoms in total. The lowest BCUT2D eigenvalue weighted by atomic mass is 9.84. The third-order valence-corrected chi connectivity index (χ3v) is 20.5. The van der Waals surface area contributed by atoms with Gasteiger partial charge in [0.2, 0.25) is 0 Å². The van der Waals surface area contributed by atoms with Crippen molar-refractivity contribution in [1.82, 2.24) is 0 Å². The van der Waals surface area contributed by atoms with Crippen molar-refractivity contribution in [3.05, 3.63) is 12.2 Å². The zero-order chi connectivity index (χ0) is 73.2. The number of unbranched alkanes of at least 4 members (excludes halogenated alkanes) is 39. The maximum atomic E-state index is 14.4. The Hall–Kier alpha value is -2.30. The quantitative estimate of drug-likeness (QED) is 0.00886. The van der Waals surface area contributed by atoms with Crippen LogP contribution in [-0.4, -0.2) is 204 Å². The number of phosphoric acid groups is 1. The van der Waals surface area contributed by atoms with E-state index in [-0.39, 0.29) is 19.3 Å². The Morgan fingerprint density at radius 2 is 0.700 bits per heavy atom. The second-order valence-corrected chi connectivity index (χ2v) is 29.8. The van der Waals surface area contributed by atoms with Crippen LogP contribution in [0.25, 0.3) is 0 Å². The zero-order valence-corrected chi connectivity index (χ0v) is 62.4. The maximum absolute atomic E-state index is 14.4. The van der Waals surface area contributed by atoms with E-state index < -0.39 is 156 Å². The highest BCUT2D eigenvalue weighted by Gasteiger charge is 2.58. The van der Waals surface area contributed by atoms with Gasteiger partial charge in [-0.15, -0.1) is 0 Å². The Morgan fingerprint density at radius 3 is 1.09 bits per heavy atom. The first kappa shape index (κ1) is 91.9. The number of esters is 3. The number of aliphatic hydroxyl groups is 10. The van der Waals surface area contributed by atoms with Crippen LogP contribution in [0.15, 0.2) is 12.2 Å². The largest absolute Gasteiger partial charge is 0.472 e. The van der Waals surface area contributed by atoms with Crippen LogP contribution in [0.5, 0.6) is 0 Å². The molecule has 0 aromatic heterocycles. The van der Waals surface area contributed by atoms with Gasteiger partial charge in [-0.3, -0.25) is 23.4 Å². The van der Waals surface area contributed by atoms with Crippen LogP contribution in [0.2, 0.25) is 0 Å². The predicted molar refractivity (Wildman–Crippen MR) is 379 cm³/mol. The van der Waals surface area contributed by atoms with Gasteiger partial charge < -0.3 is 89.1 Å². The van der Waals surface area contributed by atoms with Crippen LogP contribution in [0.4, 0.5) is 0 Å². The third kappa shape index (κ3) is 39.3. The van der Waals surface area contributed by atoms with Gasteiger partial charge >= 0.3 is 25.7 Å². The van der Waals surface area contributed by atoms with Gasteiger partial charge in [0.1, 0.15) is 98.7 Å². The number of allylic oxidation sites excluding steroid dienone is 2. The highest BCUT2D eigenvalue weighted by Crippen LogP contribution is 2.49. The first-order valence-corrected chi connectivity index (χ1v) is 41.0. The molecule has 0 radical (unpaired) electrons. The molecule has 18 unspecified atom stereocenters. The normalized spacial score (nSPS) is 27.3. The molecule has 0 spiro atoms. The molecule has 1 aliphatic carbocycles. The van der Waals surface area contributed by atoms with Crippen LogP contribution in [-0.2, 0) is 61.2 Å². The van der Waals surface area contributed by atoms with Gasteiger partial charge in [-0.2, -0.15) is 0 Å². The number of rotatable bonds is 62. The van der Waals surface area contributed by atoms with E-state index in [1.165, 1.54) is 148 Å². The number of carbonyl (C=O) groups excluding carboxylic acids is 3. The van der Waals surface area contributed by atoms with Gasteiger partial charge in [-0.05, 0) is 44.9 Å². The molecule has 0 aromatic rings. The van der Waals surface area contributed by atoms with Crippen LogP contribution < -0.4 is 0 Å². The minimum Gasteiger partial charge on any atom is -0.463 e. The topological polar surface area (TPSA) is 374 Å². The fraction of sp³-hybridized carbons (Fsp3) is 0.933. The molecular formula is C75H139O24P. The molecule has 3 fully saturated rings. The van der Waals surface area contributed by atoms with Crippen LogP contribution in [0.3, 0.4) is 0 Å². The molecule has 588 valence electrons. The van der Waals surface area contributed by atoms with E-state index in [4.69, 9.17) is 42.2 Å². The molecule has 0 amide bonds. The Balaban J connectivity index is 1.71. The van der Waals surface area contributed by atoms with E-state index in [1.807, 2.05) is 0 Å². The Kier molecular flexibility index (Phi) is 52.3. The first-order valence-electron chi connectivity index (χ1n) is 39.5. The van der Waals surface area contributed by atoms with Crippen molar-refractivity contribution < 1.29 is 117 Å². The second-order valence-electron chi connectivity index (χ2n) is 28.4. The standard InChI is InChI=1S/C75H139O24P/c1-4-7-10-13-16-19-22-25-28-30-32-35-38-41-44-47-50-60(78)92-55-58-63(81)65(83)70(88)75(96-58)98-72-68(86)66(84)67(85)71(97-74-69(87)64(82)62(80)57(52-76)95-74)73(72)99-100(89,90)93-54-56(53-91-59(77)49-46-43-40-37-34-31-27-24-21-18-15-12-9-6-3)94-61(79)51-48-45-42-39-36-33-29-26-23-20-17-14-11-8-5-2/h20,23,56-58,62-76,80-88H,4-19,21-22,24-55H2,1-3H3,(H,89,90)/b23-20-. The molecule has 1 saturated carbocycles. The summed E-state index contributed by atoms with van der Waals surface area (Å²) in [7, 11) is -5.70. The van der Waals surface area contributed by atoms with E-state index in [9.17, 15) is 74.9 Å². The number of carbonyl (C=O) groups is 3. The average Bonchev–Trinajstić information content (AvgIpc) is 0.761. The number of ether oxygens (including phenoxy) is 7. The van der Waals surface area contributed by atoms with E-state index in [2.05, 4.69) is 32.9 Å². The van der Waals surface area contributed by atoms with Gasteiger partial charge in [-0.25, -0.2) is 4.57 Å². The van der Waals surface area contributed by atoms with Gasteiger partial charge in [-0.1, -0.05) is 264 Å². The summed E-state index contributed by atoms with van der Waals surface area (Å²) in [4.78, 5) is 51.1. The number of hydrogen-bond acceptors (Lipinski definition) is 23. The molecule has 3 aliphatic rings. The predicted octanol–water partition coefficient (Wildman–Crippen LogP) is 11.5. The Morgan fingerprint density at radius 1 is 0.380 bits per heavy atom. The molecule has 2 aliphatic heterocycles. The highest BCUT2D eigenvalue weighted by atomic mass is 31.2. The fourth-order valence-corrected chi connectivity index (χ4v) is 14.1. The van der Waals surface area contributed by atoms with Crippen molar-refractivity contribution in [1.29, 1.82) is 0 Å². The van der Waals surface area contributed by atoms with Crippen LogP contribution in [0, 0.1) is 0 Å². The number of aliphatic hydroxyl groups excluding tert-OH is 10. The lowest BCUT2D eigenvalue weighted by molar-refractivity contribution is -0.360. The minimum absolute atomic E-state index is 0.0328. The van der Waals surface area contributed by atoms with Crippen molar-refractivity contribution in [3.63, 3.8) is 0 Å². The molecule has 11 N–H and O–H groups in total. The Bertz CT molecular complexity index is 2110. The number of hydrogen-bond donors (Lipinski definition) is 11. The van der Waals surface area contributed by atoms with Crippen molar-refractivity contribution in [2.75, 3.05) is 26.4 Å². The monoisotopic (exact) mass is 1450 g/mol. The van der Waals surface area contributed by atoms with Gasteiger partial charge in [0.15, 0.2) is 18.7 Å². The van der Waals surface area contributed by atoms with E-state index in [1.54, 1.807) is 0 Å². The summed E-state index contributed by atoms with van der Waals surface area (Å²) in [5.41, 5.74) is 0. The van der Waals surface area contributed by atoms with Gasteiger partial charge in [0.25, 0.3) is 0 Å². The van der Waals surface area contributed by atoms with E-state index in [0.717, 1.165) is 109 Å². The van der Waals surface area contributed by atoms with Gasteiger partial charge in [0.05, 0.1) is 13.2 Å². The fourth-order valence-electron chi connectivity index (χ4n) is 13.1. The lowest BCUT2D eigenvalue weighted by Crippen LogP contribution is -2.69. The highest BCUT2D eigenvalue weighted by molar-refractivity contribution is 7.47. The molecule has 2 saturated heterocycles. The molecule has 100 heavy (non-hydrogen) atoms. The van der Waals surface area contributed by atoms with E-state index >= 15 is 0 Å². The van der Waals surface area contributed by atoms with Crippen molar-refractivity contribution >= 4 is 25.7 Å². The van der Waals surface area contributed by atoms with Crippen molar-refractivity contribution in [3.8, 4) is 0 Å². The summed E-state index contributed by atoms with van der Waals surface area (Å²) >= 11 is 0. The number of phosphoric ester groups is 1. The first-order chi connectivity index (χ1) is 48.3. The molecule has 2 heterocycles. The minimum atomic E-state index is -5.70. The van der Waals surface area contributed by atoms with Crippen molar-refractivity contribution in [2.24, 2.45) is 0 Å². The Labute approximate surface area is 599 Å². The second kappa shape index (κ2) is 57.0. The third-order valence-electron chi connectivity index (χ3n) is 19.5. The molecule has 25 heteroatoms. The SMILES string of the molecule is CCCCCC/C=C\CCCCCCCCCC(=O)OC(COC(=O)CCCCCCCCCCCCCCCC)COP(=O)(O)OC1C(OC2OC(CO)C(O)C(O)C2O)C(O)C(O)C(O)C1OC1OC(COC(=O)CCCCCCCCCCCCCCCCCC)C(O)C(O)C1O. The van der Waals surface area contributed by atoms with E-state index in [0.29, 0.717) is 19.3 Å². The van der Waals surface area contributed by atoms with Crippen molar-refractivity contribution in [2.45, 2.75) is 420 Å². The smallest absolute Gasteiger partial charge is 0.463 e. The lowest BCUT2D eigenvalue weighted by Gasteiger charge is -2.49. The van der Waals surface area contributed by atoms with Crippen LogP contribution >= 0.6 is 7.82 Å².